The molecular weight excluding hydrogens is 280 g/mol. The second-order valence-electron chi connectivity index (χ2n) is 4.65. The molecule has 1 aliphatic heterocycles. The van der Waals surface area contributed by atoms with Crippen molar-refractivity contribution in [3.63, 3.8) is 0 Å². The first-order valence-corrected chi connectivity index (χ1v) is 6.93. The van der Waals surface area contributed by atoms with Gasteiger partial charge in [0.2, 0.25) is 5.91 Å². The molecule has 1 aliphatic rings. The summed E-state index contributed by atoms with van der Waals surface area (Å²) in [5.74, 6) is 0.693. The van der Waals surface area contributed by atoms with Crippen molar-refractivity contribution in [2.45, 2.75) is 6.92 Å². The predicted octanol–water partition coefficient (Wildman–Crippen LogP) is 1.93. The first-order valence-electron chi connectivity index (χ1n) is 6.55. The van der Waals surface area contributed by atoms with E-state index in [-0.39, 0.29) is 12.5 Å². The summed E-state index contributed by atoms with van der Waals surface area (Å²) in [7, 11) is 1.58. The van der Waals surface area contributed by atoms with E-state index in [0.29, 0.717) is 37.1 Å². The summed E-state index contributed by atoms with van der Waals surface area (Å²) in [6.45, 7) is 4.66. The fourth-order valence-electron chi connectivity index (χ4n) is 2.07. The van der Waals surface area contributed by atoms with Crippen molar-refractivity contribution < 1.29 is 14.3 Å². The van der Waals surface area contributed by atoms with Crippen LogP contribution in [0.1, 0.15) is 5.56 Å². The normalized spacial score (nSPS) is 15.1. The molecule has 0 spiro atoms. The number of halogens is 1. The number of benzene rings is 1. The average Bonchev–Trinajstić information content (AvgIpc) is 2.48. The highest BCUT2D eigenvalue weighted by molar-refractivity contribution is 6.31. The van der Waals surface area contributed by atoms with E-state index in [1.54, 1.807) is 18.1 Å². The van der Waals surface area contributed by atoms with Crippen LogP contribution in [-0.2, 0) is 9.53 Å². The Balaban J connectivity index is 1.99. The first-order chi connectivity index (χ1) is 9.61. The molecule has 0 aliphatic carbocycles. The van der Waals surface area contributed by atoms with Gasteiger partial charge in [0.15, 0.2) is 0 Å². The fourth-order valence-corrected chi connectivity index (χ4v) is 2.22. The van der Waals surface area contributed by atoms with Crippen LogP contribution in [0.5, 0.6) is 5.75 Å². The third kappa shape index (κ3) is 3.55. The van der Waals surface area contributed by atoms with Crippen molar-refractivity contribution in [3.05, 3.63) is 22.7 Å². The van der Waals surface area contributed by atoms with Crippen LogP contribution < -0.4 is 10.1 Å². The molecule has 20 heavy (non-hydrogen) atoms. The van der Waals surface area contributed by atoms with E-state index < -0.39 is 0 Å². The summed E-state index contributed by atoms with van der Waals surface area (Å²) in [5, 5.41) is 3.76. The molecule has 0 unspecified atom stereocenters. The summed E-state index contributed by atoms with van der Waals surface area (Å²) in [6, 6.07) is 3.63. The molecule has 1 saturated heterocycles. The molecule has 1 aromatic carbocycles. The highest BCUT2D eigenvalue weighted by Gasteiger charge is 2.17. The molecule has 0 aromatic heterocycles. The van der Waals surface area contributed by atoms with Crippen LogP contribution in [0.2, 0.25) is 5.02 Å². The molecule has 1 amide bonds. The number of carbonyl (C=O) groups is 1. The Morgan fingerprint density at radius 3 is 2.80 bits per heavy atom. The number of aryl methyl sites for hydroxylation is 1. The van der Waals surface area contributed by atoms with E-state index in [2.05, 4.69) is 5.32 Å². The van der Waals surface area contributed by atoms with Gasteiger partial charge in [-0.25, -0.2) is 0 Å². The summed E-state index contributed by atoms with van der Waals surface area (Å²) >= 11 is 6.05. The zero-order chi connectivity index (χ0) is 14.5. The lowest BCUT2D eigenvalue weighted by molar-refractivity contribution is -0.133. The monoisotopic (exact) mass is 298 g/mol. The molecular formula is C14H19ClN2O3. The van der Waals surface area contributed by atoms with Gasteiger partial charge in [0.1, 0.15) is 5.75 Å². The predicted molar refractivity (Wildman–Crippen MR) is 78.6 cm³/mol. The molecule has 1 aromatic rings. The van der Waals surface area contributed by atoms with Crippen molar-refractivity contribution in [1.82, 2.24) is 4.90 Å². The highest BCUT2D eigenvalue weighted by atomic mass is 35.5. The standard InChI is InChI=1S/C14H19ClN2O3/c1-10-7-12(13(19-2)8-11(10)15)16-9-14(18)17-3-5-20-6-4-17/h7-8,16H,3-6,9H2,1-2H3. The minimum Gasteiger partial charge on any atom is -0.495 e. The first kappa shape index (κ1) is 14.9. The molecule has 1 heterocycles. The molecule has 110 valence electrons. The average molecular weight is 299 g/mol. The number of amides is 1. The van der Waals surface area contributed by atoms with Crippen LogP contribution in [0.3, 0.4) is 0 Å². The quantitative estimate of drug-likeness (QED) is 0.923. The number of methoxy groups -OCH3 is 1. The fraction of sp³-hybridized carbons (Fsp3) is 0.500. The highest BCUT2D eigenvalue weighted by Crippen LogP contribution is 2.30. The van der Waals surface area contributed by atoms with E-state index in [9.17, 15) is 4.79 Å². The van der Waals surface area contributed by atoms with Crippen molar-refractivity contribution in [2.75, 3.05) is 45.3 Å². The summed E-state index contributed by atoms with van der Waals surface area (Å²) < 4.78 is 10.5. The van der Waals surface area contributed by atoms with Gasteiger partial charge >= 0.3 is 0 Å². The molecule has 1 fully saturated rings. The third-order valence-electron chi connectivity index (χ3n) is 3.27. The van der Waals surface area contributed by atoms with Gasteiger partial charge in [-0.05, 0) is 18.6 Å². The number of carbonyl (C=O) groups excluding carboxylic acids is 1. The van der Waals surface area contributed by atoms with E-state index in [4.69, 9.17) is 21.1 Å². The van der Waals surface area contributed by atoms with Gasteiger partial charge in [-0.15, -0.1) is 0 Å². The van der Waals surface area contributed by atoms with E-state index in [1.807, 2.05) is 13.0 Å². The number of hydrogen-bond donors (Lipinski definition) is 1. The SMILES string of the molecule is COc1cc(Cl)c(C)cc1NCC(=O)N1CCOCC1. The van der Waals surface area contributed by atoms with Crippen LogP contribution in [0.25, 0.3) is 0 Å². The maximum atomic E-state index is 12.1. The van der Waals surface area contributed by atoms with Gasteiger partial charge in [-0.2, -0.15) is 0 Å². The molecule has 6 heteroatoms. The van der Waals surface area contributed by atoms with Crippen LogP contribution in [-0.4, -0.2) is 50.8 Å². The second kappa shape index (κ2) is 6.81. The summed E-state index contributed by atoms with van der Waals surface area (Å²) in [5.41, 5.74) is 1.71. The number of rotatable bonds is 4. The topological polar surface area (TPSA) is 50.8 Å². The Bertz CT molecular complexity index is 488. The Labute approximate surface area is 123 Å². The summed E-state index contributed by atoms with van der Waals surface area (Å²) in [4.78, 5) is 13.9. The minimum atomic E-state index is 0.0583. The van der Waals surface area contributed by atoms with Crippen molar-refractivity contribution in [3.8, 4) is 5.75 Å². The lowest BCUT2D eigenvalue weighted by Gasteiger charge is -2.27. The van der Waals surface area contributed by atoms with Gasteiger partial charge in [0.05, 0.1) is 32.6 Å². The maximum Gasteiger partial charge on any atom is 0.242 e. The van der Waals surface area contributed by atoms with Crippen molar-refractivity contribution >= 4 is 23.2 Å². The summed E-state index contributed by atoms with van der Waals surface area (Å²) in [6.07, 6.45) is 0. The van der Waals surface area contributed by atoms with E-state index >= 15 is 0 Å². The molecule has 1 N–H and O–H groups in total. The molecule has 0 saturated carbocycles. The number of hydrogen-bond acceptors (Lipinski definition) is 4. The minimum absolute atomic E-state index is 0.0583. The number of nitrogens with zero attached hydrogens (tertiary/aromatic N) is 1. The van der Waals surface area contributed by atoms with Crippen LogP contribution in [0.15, 0.2) is 12.1 Å². The van der Waals surface area contributed by atoms with Crippen molar-refractivity contribution in [2.24, 2.45) is 0 Å². The number of morpholine rings is 1. The molecule has 0 bridgehead atoms. The number of anilines is 1. The lowest BCUT2D eigenvalue weighted by Crippen LogP contribution is -2.43. The zero-order valence-electron chi connectivity index (χ0n) is 11.7. The van der Waals surface area contributed by atoms with Gasteiger partial charge in [0, 0.05) is 24.2 Å². The second-order valence-corrected chi connectivity index (χ2v) is 5.06. The molecule has 2 rings (SSSR count). The Hall–Kier alpha value is -1.46. The lowest BCUT2D eigenvalue weighted by atomic mass is 10.2. The zero-order valence-corrected chi connectivity index (χ0v) is 12.5. The Morgan fingerprint density at radius 2 is 2.15 bits per heavy atom. The van der Waals surface area contributed by atoms with Gasteiger partial charge in [-0.3, -0.25) is 4.79 Å². The smallest absolute Gasteiger partial charge is 0.242 e. The van der Waals surface area contributed by atoms with Crippen LogP contribution in [0, 0.1) is 6.92 Å². The van der Waals surface area contributed by atoms with Crippen molar-refractivity contribution in [1.29, 1.82) is 0 Å². The Kier molecular flexibility index (Phi) is 5.09. The Morgan fingerprint density at radius 1 is 1.45 bits per heavy atom. The van der Waals surface area contributed by atoms with E-state index in [1.165, 1.54) is 0 Å². The third-order valence-corrected chi connectivity index (χ3v) is 3.68. The maximum absolute atomic E-state index is 12.1. The molecule has 0 radical (unpaired) electrons. The van der Waals surface area contributed by atoms with Gasteiger partial charge < -0.3 is 19.7 Å². The number of ether oxygens (including phenoxy) is 2. The van der Waals surface area contributed by atoms with Crippen LogP contribution >= 0.6 is 11.6 Å². The van der Waals surface area contributed by atoms with E-state index in [0.717, 1.165) is 11.3 Å². The van der Waals surface area contributed by atoms with Gasteiger partial charge in [0.25, 0.3) is 0 Å². The molecule has 0 atom stereocenters. The largest absolute Gasteiger partial charge is 0.495 e. The van der Waals surface area contributed by atoms with Crippen LogP contribution in [0.4, 0.5) is 5.69 Å². The molecule has 5 nitrogen and oxygen atoms in total. The van der Waals surface area contributed by atoms with Gasteiger partial charge in [-0.1, -0.05) is 11.6 Å². The number of nitrogens with one attached hydrogen (secondary N) is 1.